The predicted molar refractivity (Wildman–Crippen MR) is 75.1 cm³/mol. The van der Waals surface area contributed by atoms with Crippen LogP contribution in [0, 0.1) is 11.6 Å². The van der Waals surface area contributed by atoms with Gasteiger partial charge in [-0.25, -0.2) is 14.2 Å². The minimum atomic E-state index is -0.640. The number of thiophene rings is 1. The van der Waals surface area contributed by atoms with E-state index >= 15 is 0 Å². The Hall–Kier alpha value is -1.89. The molecule has 3 aromatic rings. The van der Waals surface area contributed by atoms with Gasteiger partial charge in [-0.2, -0.15) is 0 Å². The molecular formula is C14H11F2N3S. The second-order valence-electron chi connectivity index (χ2n) is 4.34. The summed E-state index contributed by atoms with van der Waals surface area (Å²) in [6, 6.07) is 6.67. The summed E-state index contributed by atoms with van der Waals surface area (Å²) in [5.74, 6) is 4.27. The second-order valence-corrected chi connectivity index (χ2v) is 5.29. The zero-order chi connectivity index (χ0) is 14.1. The van der Waals surface area contributed by atoms with Crippen LogP contribution in [-0.2, 0) is 0 Å². The number of benzene rings is 1. The van der Waals surface area contributed by atoms with Crippen LogP contribution in [0.1, 0.15) is 17.2 Å². The summed E-state index contributed by atoms with van der Waals surface area (Å²) in [6.07, 6.45) is 1.64. The molecule has 6 heteroatoms. The monoisotopic (exact) mass is 291 g/mol. The largest absolute Gasteiger partial charge is 0.271 e. The lowest BCUT2D eigenvalue weighted by molar-refractivity contribution is 0.541. The van der Waals surface area contributed by atoms with Crippen LogP contribution in [0.15, 0.2) is 41.9 Å². The number of nitrogens with two attached hydrogens (primary N) is 1. The summed E-state index contributed by atoms with van der Waals surface area (Å²) < 4.78 is 27.8. The summed E-state index contributed by atoms with van der Waals surface area (Å²) in [7, 11) is 0. The van der Waals surface area contributed by atoms with Crippen LogP contribution < -0.4 is 11.3 Å². The van der Waals surface area contributed by atoms with E-state index < -0.39 is 17.7 Å². The Morgan fingerprint density at radius 2 is 2.05 bits per heavy atom. The van der Waals surface area contributed by atoms with Crippen molar-refractivity contribution in [3.8, 4) is 0 Å². The van der Waals surface area contributed by atoms with Gasteiger partial charge in [-0.05, 0) is 29.1 Å². The predicted octanol–water partition coefficient (Wildman–Crippen LogP) is 3.13. The number of hydrogen-bond acceptors (Lipinski definition) is 4. The molecule has 0 aliphatic rings. The highest BCUT2D eigenvalue weighted by molar-refractivity contribution is 7.17. The van der Waals surface area contributed by atoms with Gasteiger partial charge in [-0.1, -0.05) is 6.07 Å². The van der Waals surface area contributed by atoms with E-state index in [0.29, 0.717) is 0 Å². The third-order valence-corrected chi connectivity index (χ3v) is 3.95. The molecule has 2 heterocycles. The normalized spacial score (nSPS) is 12.8. The molecule has 2 aromatic heterocycles. The average molecular weight is 291 g/mol. The Morgan fingerprint density at radius 1 is 1.20 bits per heavy atom. The van der Waals surface area contributed by atoms with E-state index in [1.807, 2.05) is 17.5 Å². The molecule has 20 heavy (non-hydrogen) atoms. The average Bonchev–Trinajstić information content (AvgIpc) is 2.89. The Balaban J connectivity index is 2.08. The standard InChI is InChI=1S/C14H11F2N3S/c15-9-1-2-10(11(16)6-9)14(19-17)8-5-13-12(18-7-8)3-4-20-13/h1-7,14,19H,17H2. The molecule has 0 saturated heterocycles. The first-order chi connectivity index (χ1) is 9.69. The minimum absolute atomic E-state index is 0.284. The Labute approximate surface area is 118 Å². The van der Waals surface area contributed by atoms with Crippen LogP contribution in [0.25, 0.3) is 10.2 Å². The van der Waals surface area contributed by atoms with Crippen molar-refractivity contribution in [2.75, 3.05) is 0 Å². The van der Waals surface area contributed by atoms with Crippen molar-refractivity contribution in [3.05, 3.63) is 64.7 Å². The summed E-state index contributed by atoms with van der Waals surface area (Å²) in [4.78, 5) is 4.30. The maximum absolute atomic E-state index is 13.9. The van der Waals surface area contributed by atoms with Crippen LogP contribution in [-0.4, -0.2) is 4.98 Å². The van der Waals surface area contributed by atoms with Crippen molar-refractivity contribution < 1.29 is 8.78 Å². The van der Waals surface area contributed by atoms with Crippen LogP contribution >= 0.6 is 11.3 Å². The lowest BCUT2D eigenvalue weighted by atomic mass is 10.00. The van der Waals surface area contributed by atoms with Crippen molar-refractivity contribution in [3.63, 3.8) is 0 Å². The van der Waals surface area contributed by atoms with Crippen molar-refractivity contribution in [2.45, 2.75) is 6.04 Å². The number of hydrazine groups is 1. The first-order valence-corrected chi connectivity index (χ1v) is 6.81. The van der Waals surface area contributed by atoms with E-state index in [2.05, 4.69) is 10.4 Å². The summed E-state index contributed by atoms with van der Waals surface area (Å²) in [6.45, 7) is 0. The van der Waals surface area contributed by atoms with Gasteiger partial charge in [0, 0.05) is 17.8 Å². The molecule has 0 radical (unpaired) electrons. The SMILES string of the molecule is NNC(c1cnc2ccsc2c1)c1ccc(F)cc1F. The first-order valence-electron chi connectivity index (χ1n) is 5.93. The molecule has 0 saturated carbocycles. The number of nitrogens with zero attached hydrogens (tertiary/aromatic N) is 1. The van der Waals surface area contributed by atoms with Crippen molar-refractivity contribution in [2.24, 2.45) is 5.84 Å². The third kappa shape index (κ3) is 2.29. The molecule has 3 rings (SSSR count). The van der Waals surface area contributed by atoms with Gasteiger partial charge in [0.25, 0.3) is 0 Å². The number of pyridine rings is 1. The van der Waals surface area contributed by atoms with Crippen molar-refractivity contribution >= 4 is 21.6 Å². The number of halogens is 2. The molecule has 1 aromatic carbocycles. The van der Waals surface area contributed by atoms with Crippen molar-refractivity contribution in [1.82, 2.24) is 10.4 Å². The van der Waals surface area contributed by atoms with Crippen LogP contribution in [0.4, 0.5) is 8.78 Å². The number of fused-ring (bicyclic) bond motifs is 1. The smallest absolute Gasteiger partial charge is 0.131 e. The van der Waals surface area contributed by atoms with E-state index in [1.54, 1.807) is 17.5 Å². The Morgan fingerprint density at radius 3 is 2.80 bits per heavy atom. The van der Waals surface area contributed by atoms with E-state index in [1.165, 1.54) is 12.1 Å². The van der Waals surface area contributed by atoms with Gasteiger partial charge in [0.05, 0.1) is 16.3 Å². The first kappa shape index (κ1) is 13.1. The van der Waals surface area contributed by atoms with Gasteiger partial charge in [0.2, 0.25) is 0 Å². The Kier molecular flexibility index (Phi) is 3.43. The van der Waals surface area contributed by atoms with E-state index in [-0.39, 0.29) is 5.56 Å². The van der Waals surface area contributed by atoms with E-state index in [0.717, 1.165) is 21.8 Å². The highest BCUT2D eigenvalue weighted by Crippen LogP contribution is 2.27. The molecule has 0 aliphatic carbocycles. The number of aromatic nitrogens is 1. The van der Waals surface area contributed by atoms with Gasteiger partial charge in [0.15, 0.2) is 0 Å². The molecule has 3 N–H and O–H groups in total. The number of nitrogens with one attached hydrogen (secondary N) is 1. The lowest BCUT2D eigenvalue weighted by Crippen LogP contribution is -2.29. The van der Waals surface area contributed by atoms with Gasteiger partial charge in [-0.3, -0.25) is 10.8 Å². The molecule has 0 spiro atoms. The highest BCUT2D eigenvalue weighted by Gasteiger charge is 2.18. The molecule has 0 bridgehead atoms. The molecule has 0 amide bonds. The van der Waals surface area contributed by atoms with Gasteiger partial charge in [-0.15, -0.1) is 11.3 Å². The molecule has 102 valence electrons. The maximum atomic E-state index is 13.9. The summed E-state index contributed by atoms with van der Waals surface area (Å²) in [5, 5.41) is 1.94. The molecule has 1 atom stereocenters. The summed E-state index contributed by atoms with van der Waals surface area (Å²) in [5.41, 5.74) is 4.45. The summed E-state index contributed by atoms with van der Waals surface area (Å²) >= 11 is 1.55. The van der Waals surface area contributed by atoms with Gasteiger partial charge >= 0.3 is 0 Å². The fourth-order valence-corrected chi connectivity index (χ4v) is 2.91. The Bertz CT molecular complexity index is 757. The van der Waals surface area contributed by atoms with Gasteiger partial charge < -0.3 is 0 Å². The zero-order valence-electron chi connectivity index (χ0n) is 10.3. The number of hydrogen-bond donors (Lipinski definition) is 2. The third-order valence-electron chi connectivity index (χ3n) is 3.10. The molecule has 0 fully saturated rings. The maximum Gasteiger partial charge on any atom is 0.131 e. The van der Waals surface area contributed by atoms with E-state index in [4.69, 9.17) is 5.84 Å². The van der Waals surface area contributed by atoms with Crippen LogP contribution in [0.2, 0.25) is 0 Å². The highest BCUT2D eigenvalue weighted by atomic mass is 32.1. The lowest BCUT2D eigenvalue weighted by Gasteiger charge is -2.17. The van der Waals surface area contributed by atoms with Gasteiger partial charge in [0.1, 0.15) is 11.6 Å². The van der Waals surface area contributed by atoms with Crippen molar-refractivity contribution in [1.29, 1.82) is 0 Å². The molecular weight excluding hydrogens is 280 g/mol. The second kappa shape index (κ2) is 5.24. The fourth-order valence-electron chi connectivity index (χ4n) is 2.12. The number of rotatable bonds is 3. The molecule has 3 nitrogen and oxygen atoms in total. The van der Waals surface area contributed by atoms with Crippen LogP contribution in [0.3, 0.4) is 0 Å². The quantitative estimate of drug-likeness (QED) is 0.576. The minimum Gasteiger partial charge on any atom is -0.271 e. The van der Waals surface area contributed by atoms with Crippen LogP contribution in [0.5, 0.6) is 0 Å². The fraction of sp³-hybridized carbons (Fsp3) is 0.0714. The zero-order valence-corrected chi connectivity index (χ0v) is 11.1. The molecule has 1 unspecified atom stereocenters. The topological polar surface area (TPSA) is 50.9 Å². The van der Waals surface area contributed by atoms with E-state index in [9.17, 15) is 8.78 Å². The molecule has 0 aliphatic heterocycles.